The lowest BCUT2D eigenvalue weighted by molar-refractivity contribution is -0.370. The van der Waals surface area contributed by atoms with Gasteiger partial charge in [-0.15, -0.1) is 0 Å². The summed E-state index contributed by atoms with van der Waals surface area (Å²) in [5.41, 5.74) is 6.63. The van der Waals surface area contributed by atoms with Gasteiger partial charge in [0.15, 0.2) is 0 Å². The van der Waals surface area contributed by atoms with Crippen molar-refractivity contribution in [3.63, 3.8) is 0 Å². The Morgan fingerprint density at radius 2 is 2.00 bits per heavy atom. The van der Waals surface area contributed by atoms with Gasteiger partial charge in [0.05, 0.1) is 0 Å². The number of carbonyl (C=O) groups excluding carboxylic acids is 1. The van der Waals surface area contributed by atoms with Gasteiger partial charge in [0, 0.05) is 36.8 Å². The Kier molecular flexibility index (Phi) is 5.07. The van der Waals surface area contributed by atoms with E-state index in [1.807, 2.05) is 38.1 Å². The van der Waals surface area contributed by atoms with E-state index in [1.54, 1.807) is 0 Å². The molecule has 5 saturated carbocycles. The predicted octanol–water partition coefficient (Wildman–Crippen LogP) is 4.61. The summed E-state index contributed by atoms with van der Waals surface area (Å²) in [6.45, 7) is 4.05. The second kappa shape index (κ2) is 7.67. The second-order valence-corrected chi connectivity index (χ2v) is 11.9. The molecule has 2 spiro atoms. The second-order valence-electron chi connectivity index (χ2n) is 11.9. The van der Waals surface area contributed by atoms with Gasteiger partial charge in [-0.3, -0.25) is 0 Å². The van der Waals surface area contributed by atoms with E-state index in [2.05, 4.69) is 5.32 Å². The summed E-state index contributed by atoms with van der Waals surface area (Å²) in [6.07, 6.45) is 8.38. The normalized spacial score (nSPS) is 41.2. The third kappa shape index (κ3) is 3.87. The summed E-state index contributed by atoms with van der Waals surface area (Å²) in [6, 6.07) is 7.80. The van der Waals surface area contributed by atoms with Crippen LogP contribution in [-0.2, 0) is 14.5 Å². The molecule has 180 valence electrons. The number of amides is 1. The summed E-state index contributed by atoms with van der Waals surface area (Å²) in [5.74, 6) is 2.35. The molecule has 7 nitrogen and oxygen atoms in total. The fourth-order valence-electron chi connectivity index (χ4n) is 7.34. The van der Waals surface area contributed by atoms with Crippen molar-refractivity contribution < 1.29 is 24.0 Å². The zero-order valence-electron chi connectivity index (χ0n) is 19.7. The van der Waals surface area contributed by atoms with Crippen LogP contribution in [0.15, 0.2) is 24.3 Å². The molecule has 7 rings (SSSR count). The van der Waals surface area contributed by atoms with Gasteiger partial charge in [0.25, 0.3) is 0 Å². The maximum absolute atomic E-state index is 12.0. The monoisotopic (exact) mass is 456 g/mol. The number of rotatable bonds is 4. The highest BCUT2D eigenvalue weighted by Gasteiger charge is 2.70. The fourth-order valence-corrected chi connectivity index (χ4v) is 7.34. The van der Waals surface area contributed by atoms with Crippen molar-refractivity contribution in [2.24, 2.45) is 29.4 Å². The molecule has 1 aromatic carbocycles. The first-order valence-corrected chi connectivity index (χ1v) is 12.7. The van der Waals surface area contributed by atoms with E-state index < -0.39 is 23.2 Å². The van der Waals surface area contributed by atoms with E-state index in [0.29, 0.717) is 30.0 Å². The Morgan fingerprint density at radius 3 is 2.76 bits per heavy atom. The summed E-state index contributed by atoms with van der Waals surface area (Å²) >= 11 is 0. The van der Waals surface area contributed by atoms with Crippen LogP contribution in [0.4, 0.5) is 4.79 Å². The Morgan fingerprint density at radius 1 is 1.18 bits per heavy atom. The van der Waals surface area contributed by atoms with Crippen LogP contribution in [0.1, 0.15) is 76.7 Å². The average Bonchev–Trinajstić information content (AvgIpc) is 3.35. The molecule has 5 aliphatic carbocycles. The molecule has 6 fully saturated rings. The Balaban J connectivity index is 1.10. The molecular formula is C26H36N2O5. The minimum atomic E-state index is -0.629. The van der Waals surface area contributed by atoms with Gasteiger partial charge in [-0.05, 0) is 87.8 Å². The molecule has 3 N–H and O–H groups in total. The van der Waals surface area contributed by atoms with Crippen LogP contribution >= 0.6 is 0 Å². The first kappa shape index (κ1) is 21.8. The van der Waals surface area contributed by atoms with Gasteiger partial charge in [-0.2, -0.15) is 9.78 Å². The quantitative estimate of drug-likeness (QED) is 0.643. The first-order valence-electron chi connectivity index (χ1n) is 12.7. The molecule has 7 heteroatoms. The van der Waals surface area contributed by atoms with E-state index in [9.17, 15) is 4.79 Å². The molecule has 6 aliphatic rings. The Labute approximate surface area is 195 Å². The SMILES string of the molecule is CC(C)(N)CNC(=O)Oc1ccc(C2CCC[C@]3(C2)OO[C@]2(O3)C3CC4CC(C3)C2C4)cc1. The number of nitrogens with two attached hydrogens (primary N) is 1. The molecule has 7 atom stereocenters. The molecule has 0 radical (unpaired) electrons. The van der Waals surface area contributed by atoms with Crippen molar-refractivity contribution in [2.75, 3.05) is 6.54 Å². The molecule has 1 heterocycles. The minimum Gasteiger partial charge on any atom is -0.410 e. The van der Waals surface area contributed by atoms with Gasteiger partial charge in [-0.1, -0.05) is 12.1 Å². The van der Waals surface area contributed by atoms with Crippen LogP contribution in [0.2, 0.25) is 0 Å². The van der Waals surface area contributed by atoms with Crippen molar-refractivity contribution >= 4 is 6.09 Å². The standard InChI is InChI=1S/C26H36N2O5/c1-24(2,27)15-28-23(29)30-21-7-5-17(6-8-21)18-4-3-9-25(14-18)31-26(33-32-25)20-11-16-10-19(13-20)22(26)12-16/h5-8,16,18-20,22H,3-4,9-15,27H2,1-2H3,(H,28,29)/t16?,18?,19?,20?,22?,25-,26-/m1/s1. The van der Waals surface area contributed by atoms with E-state index in [1.165, 1.54) is 31.2 Å². The van der Waals surface area contributed by atoms with Crippen molar-refractivity contribution in [1.29, 1.82) is 0 Å². The van der Waals surface area contributed by atoms with Gasteiger partial charge < -0.3 is 20.5 Å². The summed E-state index contributed by atoms with van der Waals surface area (Å²) < 4.78 is 12.2. The molecule has 33 heavy (non-hydrogen) atoms. The highest BCUT2D eigenvalue weighted by atomic mass is 17.3. The lowest BCUT2D eigenvalue weighted by Gasteiger charge is -2.40. The van der Waals surface area contributed by atoms with E-state index in [4.69, 9.17) is 25.0 Å². The number of nitrogens with one attached hydrogen (secondary N) is 1. The third-order valence-electron chi connectivity index (χ3n) is 8.67. The zero-order valence-corrected chi connectivity index (χ0v) is 19.7. The maximum Gasteiger partial charge on any atom is 0.412 e. The average molecular weight is 457 g/mol. The van der Waals surface area contributed by atoms with E-state index in [-0.39, 0.29) is 0 Å². The minimum absolute atomic E-state index is 0.327. The lowest BCUT2D eigenvalue weighted by atomic mass is 9.77. The van der Waals surface area contributed by atoms with Crippen LogP contribution in [0.3, 0.4) is 0 Å². The number of hydrogen-bond donors (Lipinski definition) is 2. The zero-order chi connectivity index (χ0) is 22.8. The number of hydrogen-bond acceptors (Lipinski definition) is 6. The van der Waals surface area contributed by atoms with E-state index >= 15 is 0 Å². The molecule has 0 aromatic heterocycles. The van der Waals surface area contributed by atoms with Crippen molar-refractivity contribution in [2.45, 2.75) is 88.2 Å². The van der Waals surface area contributed by atoms with Crippen molar-refractivity contribution in [3.8, 4) is 5.75 Å². The van der Waals surface area contributed by atoms with Gasteiger partial charge in [0.2, 0.25) is 11.6 Å². The van der Waals surface area contributed by atoms with Crippen molar-refractivity contribution in [3.05, 3.63) is 29.8 Å². The number of carbonyl (C=O) groups is 1. The van der Waals surface area contributed by atoms with Crippen LogP contribution < -0.4 is 15.8 Å². The highest BCUT2D eigenvalue weighted by molar-refractivity contribution is 5.70. The fraction of sp³-hybridized carbons (Fsp3) is 0.731. The molecule has 1 saturated heterocycles. The molecule has 1 aliphatic heterocycles. The number of benzene rings is 1. The van der Waals surface area contributed by atoms with Crippen LogP contribution in [-0.4, -0.2) is 29.8 Å². The maximum atomic E-state index is 12.0. The molecule has 1 aromatic rings. The lowest BCUT2D eigenvalue weighted by Crippen LogP contribution is -2.47. The van der Waals surface area contributed by atoms with Crippen molar-refractivity contribution in [1.82, 2.24) is 5.32 Å². The Hall–Kier alpha value is -1.67. The molecule has 5 unspecified atom stereocenters. The topological polar surface area (TPSA) is 92.0 Å². The summed E-state index contributed by atoms with van der Waals surface area (Å²) in [5, 5.41) is 2.70. The smallest absolute Gasteiger partial charge is 0.410 e. The molecule has 1 amide bonds. The molecular weight excluding hydrogens is 420 g/mol. The highest BCUT2D eigenvalue weighted by Crippen LogP contribution is 2.67. The van der Waals surface area contributed by atoms with Gasteiger partial charge in [-0.25, -0.2) is 4.79 Å². The third-order valence-corrected chi connectivity index (χ3v) is 8.67. The first-order chi connectivity index (χ1) is 15.7. The predicted molar refractivity (Wildman–Crippen MR) is 121 cm³/mol. The van der Waals surface area contributed by atoms with Gasteiger partial charge >= 0.3 is 6.09 Å². The van der Waals surface area contributed by atoms with Crippen LogP contribution in [0.5, 0.6) is 5.75 Å². The summed E-state index contributed by atoms with van der Waals surface area (Å²) in [4.78, 5) is 24.3. The number of ether oxygens (including phenoxy) is 2. The Bertz CT molecular complexity index is 910. The largest absolute Gasteiger partial charge is 0.412 e. The molecule has 4 bridgehead atoms. The van der Waals surface area contributed by atoms with Crippen LogP contribution in [0.25, 0.3) is 0 Å². The van der Waals surface area contributed by atoms with Gasteiger partial charge in [0.1, 0.15) is 5.75 Å². The summed E-state index contributed by atoms with van der Waals surface area (Å²) in [7, 11) is 0. The van der Waals surface area contributed by atoms with E-state index in [0.717, 1.165) is 37.5 Å². The van der Waals surface area contributed by atoms with Crippen LogP contribution in [0, 0.1) is 23.7 Å².